The molecule has 0 fully saturated rings. The molecule has 10 heteroatoms. The first-order valence-corrected chi connectivity index (χ1v) is 11.7. The molecule has 2 heterocycles. The summed E-state index contributed by atoms with van der Waals surface area (Å²) in [6, 6.07) is 7.64. The zero-order valence-electron chi connectivity index (χ0n) is 19.9. The fourth-order valence-corrected chi connectivity index (χ4v) is 3.36. The number of nitrogens with zero attached hydrogens (tertiary/aromatic N) is 2. The lowest BCUT2D eigenvalue weighted by Crippen LogP contribution is -2.27. The molecule has 0 saturated heterocycles. The van der Waals surface area contributed by atoms with E-state index in [2.05, 4.69) is 20.3 Å². The molecule has 0 aliphatic carbocycles. The first-order valence-electron chi connectivity index (χ1n) is 11.3. The molecular weight excluding hydrogens is 475 g/mol. The summed E-state index contributed by atoms with van der Waals surface area (Å²) >= 11 is 6.27. The Morgan fingerprint density at radius 2 is 2.00 bits per heavy atom. The minimum absolute atomic E-state index is 0.0220. The van der Waals surface area contributed by atoms with Crippen molar-refractivity contribution in [2.75, 3.05) is 19.8 Å². The molecule has 2 aromatic heterocycles. The van der Waals surface area contributed by atoms with E-state index < -0.39 is 11.4 Å². The Labute approximate surface area is 207 Å². The van der Waals surface area contributed by atoms with E-state index in [0.717, 1.165) is 6.42 Å². The van der Waals surface area contributed by atoms with E-state index in [0.29, 0.717) is 37.0 Å². The van der Waals surface area contributed by atoms with Crippen molar-refractivity contribution in [2.45, 2.75) is 33.7 Å². The normalized spacial score (nSPS) is 11.0. The highest BCUT2D eigenvalue weighted by Crippen LogP contribution is 2.31. The molecule has 0 radical (unpaired) electrons. The number of rotatable bonds is 11. The van der Waals surface area contributed by atoms with Crippen LogP contribution < -0.4 is 15.6 Å². The van der Waals surface area contributed by atoms with Crippen LogP contribution in [0.4, 0.5) is 4.39 Å². The van der Waals surface area contributed by atoms with Crippen molar-refractivity contribution in [2.24, 2.45) is 5.92 Å². The summed E-state index contributed by atoms with van der Waals surface area (Å²) in [6.45, 7) is 7.00. The first kappa shape index (κ1) is 26.3. The summed E-state index contributed by atoms with van der Waals surface area (Å²) in [5.41, 5.74) is 0.527. The summed E-state index contributed by atoms with van der Waals surface area (Å²) in [7, 11) is 0. The summed E-state index contributed by atoms with van der Waals surface area (Å²) < 4.78 is 26.3. The number of hydrogen-bond donors (Lipinski definition) is 2. The molecule has 0 aliphatic heterocycles. The molecule has 3 aromatic rings. The van der Waals surface area contributed by atoms with Gasteiger partial charge in [-0.15, -0.1) is 0 Å². The van der Waals surface area contributed by atoms with Crippen LogP contribution >= 0.6 is 11.6 Å². The van der Waals surface area contributed by atoms with Gasteiger partial charge in [0, 0.05) is 48.5 Å². The molecule has 186 valence electrons. The number of nitrogens with one attached hydrogen (secondary N) is 2. The number of amides is 1. The van der Waals surface area contributed by atoms with Crippen molar-refractivity contribution >= 4 is 17.5 Å². The van der Waals surface area contributed by atoms with Gasteiger partial charge in [0.05, 0.1) is 22.9 Å². The molecule has 35 heavy (non-hydrogen) atoms. The predicted molar refractivity (Wildman–Crippen MR) is 132 cm³/mol. The SMILES string of the molecule is CCCOCCOc1ccc(-c2cc(=O)[nH]c(-c3c(Cl)ccc(CNC(=O)C(C)C)c3F)n2)cn1. The number of pyridine rings is 1. The monoisotopic (exact) mass is 502 g/mol. The van der Waals surface area contributed by atoms with E-state index in [9.17, 15) is 9.59 Å². The average Bonchev–Trinajstić information content (AvgIpc) is 2.83. The Balaban J connectivity index is 1.84. The van der Waals surface area contributed by atoms with Crippen LogP contribution in [0, 0.1) is 11.7 Å². The van der Waals surface area contributed by atoms with Gasteiger partial charge in [-0.1, -0.05) is 38.4 Å². The van der Waals surface area contributed by atoms with E-state index in [1.54, 1.807) is 26.0 Å². The van der Waals surface area contributed by atoms with E-state index >= 15 is 4.39 Å². The van der Waals surface area contributed by atoms with Gasteiger partial charge in [0.1, 0.15) is 18.2 Å². The van der Waals surface area contributed by atoms with Gasteiger partial charge < -0.3 is 19.8 Å². The lowest BCUT2D eigenvalue weighted by Gasteiger charge is -2.13. The van der Waals surface area contributed by atoms with Crippen molar-refractivity contribution < 1.29 is 18.7 Å². The quantitative estimate of drug-likeness (QED) is 0.377. The number of aromatic amines is 1. The van der Waals surface area contributed by atoms with Gasteiger partial charge in [-0.3, -0.25) is 9.59 Å². The lowest BCUT2D eigenvalue weighted by molar-refractivity contribution is -0.124. The van der Waals surface area contributed by atoms with E-state index in [-0.39, 0.29) is 40.3 Å². The summed E-state index contributed by atoms with van der Waals surface area (Å²) in [5.74, 6) is -0.735. The van der Waals surface area contributed by atoms with Gasteiger partial charge >= 0.3 is 0 Å². The molecule has 0 saturated carbocycles. The fraction of sp³-hybridized carbons (Fsp3) is 0.360. The van der Waals surface area contributed by atoms with E-state index in [1.165, 1.54) is 24.4 Å². The highest BCUT2D eigenvalue weighted by atomic mass is 35.5. The van der Waals surface area contributed by atoms with Gasteiger partial charge in [0.2, 0.25) is 11.8 Å². The molecule has 0 bridgehead atoms. The third kappa shape index (κ3) is 7.10. The van der Waals surface area contributed by atoms with Gasteiger partial charge in [-0.2, -0.15) is 0 Å². The molecule has 2 N–H and O–H groups in total. The third-order valence-corrected chi connectivity index (χ3v) is 5.30. The van der Waals surface area contributed by atoms with Crippen LogP contribution in [-0.2, 0) is 16.1 Å². The maximum Gasteiger partial charge on any atom is 0.251 e. The molecule has 3 rings (SSSR count). The van der Waals surface area contributed by atoms with Crippen LogP contribution in [0.5, 0.6) is 5.88 Å². The van der Waals surface area contributed by atoms with Crippen LogP contribution in [0.25, 0.3) is 22.6 Å². The number of carbonyl (C=O) groups excluding carboxylic acids is 1. The minimum atomic E-state index is -0.672. The second-order valence-corrected chi connectivity index (χ2v) is 8.50. The maximum absolute atomic E-state index is 15.3. The number of carbonyl (C=O) groups is 1. The summed E-state index contributed by atoms with van der Waals surface area (Å²) in [6.07, 6.45) is 2.45. The maximum atomic E-state index is 15.3. The Bertz CT molecular complexity index is 1220. The number of hydrogen-bond acceptors (Lipinski definition) is 6. The topological polar surface area (TPSA) is 106 Å². The second kappa shape index (κ2) is 12.4. The van der Waals surface area contributed by atoms with E-state index in [4.69, 9.17) is 21.1 Å². The minimum Gasteiger partial charge on any atom is -0.475 e. The summed E-state index contributed by atoms with van der Waals surface area (Å²) in [5, 5.41) is 2.75. The molecule has 0 spiro atoms. The van der Waals surface area contributed by atoms with Crippen LogP contribution in [0.1, 0.15) is 32.8 Å². The predicted octanol–water partition coefficient (Wildman–Crippen LogP) is 4.37. The van der Waals surface area contributed by atoms with Crippen molar-refractivity contribution in [1.82, 2.24) is 20.3 Å². The zero-order valence-corrected chi connectivity index (χ0v) is 20.6. The molecular formula is C25H28ClFN4O4. The number of benzene rings is 1. The van der Waals surface area contributed by atoms with E-state index in [1.807, 2.05) is 6.92 Å². The number of ether oxygens (including phenoxy) is 2. The Hall–Kier alpha value is -3.30. The van der Waals surface area contributed by atoms with Crippen molar-refractivity contribution in [1.29, 1.82) is 0 Å². The van der Waals surface area contributed by atoms with Gasteiger partial charge in [0.15, 0.2) is 0 Å². The van der Waals surface area contributed by atoms with Crippen LogP contribution in [0.3, 0.4) is 0 Å². The molecule has 1 amide bonds. The Morgan fingerprint density at radius 1 is 1.20 bits per heavy atom. The standard InChI is InChI=1S/C25H28ClFN4O4/c1-4-9-34-10-11-35-21-8-6-16(13-28-21)19-12-20(32)31-24(30-19)22-18(26)7-5-17(23(22)27)14-29-25(33)15(2)3/h5-8,12-13,15H,4,9-11,14H2,1-3H3,(H,29,33)(H,30,31,32). The van der Waals surface area contributed by atoms with Crippen LogP contribution in [0.2, 0.25) is 5.02 Å². The van der Waals surface area contributed by atoms with Crippen LogP contribution in [0.15, 0.2) is 41.3 Å². The number of aromatic nitrogens is 3. The fourth-order valence-electron chi connectivity index (χ4n) is 3.13. The highest BCUT2D eigenvalue weighted by Gasteiger charge is 2.18. The lowest BCUT2D eigenvalue weighted by atomic mass is 10.1. The number of H-pyrrole nitrogens is 1. The third-order valence-electron chi connectivity index (χ3n) is 4.99. The Kier molecular flexibility index (Phi) is 9.33. The van der Waals surface area contributed by atoms with Crippen molar-refractivity contribution in [3.63, 3.8) is 0 Å². The van der Waals surface area contributed by atoms with Crippen molar-refractivity contribution in [3.8, 4) is 28.5 Å². The largest absolute Gasteiger partial charge is 0.475 e. The number of halogens is 2. The zero-order chi connectivity index (χ0) is 25.4. The van der Waals surface area contributed by atoms with Crippen molar-refractivity contribution in [3.05, 3.63) is 63.3 Å². The Morgan fingerprint density at radius 3 is 2.69 bits per heavy atom. The first-order chi connectivity index (χ1) is 16.8. The van der Waals surface area contributed by atoms with Gasteiger partial charge in [0.25, 0.3) is 5.56 Å². The van der Waals surface area contributed by atoms with Crippen LogP contribution in [-0.4, -0.2) is 40.7 Å². The smallest absolute Gasteiger partial charge is 0.251 e. The summed E-state index contributed by atoms with van der Waals surface area (Å²) in [4.78, 5) is 35.5. The van der Waals surface area contributed by atoms with Gasteiger partial charge in [-0.05, 0) is 18.6 Å². The highest BCUT2D eigenvalue weighted by molar-refractivity contribution is 6.33. The molecule has 1 aromatic carbocycles. The molecule has 0 aliphatic rings. The molecule has 8 nitrogen and oxygen atoms in total. The molecule has 0 atom stereocenters. The average molecular weight is 503 g/mol. The van der Waals surface area contributed by atoms with Gasteiger partial charge in [-0.25, -0.2) is 14.4 Å². The molecule has 0 unspecified atom stereocenters. The second-order valence-electron chi connectivity index (χ2n) is 8.09.